The van der Waals surface area contributed by atoms with Gasteiger partial charge in [0, 0.05) is 6.54 Å². The summed E-state index contributed by atoms with van der Waals surface area (Å²) in [4.78, 5) is 0. The summed E-state index contributed by atoms with van der Waals surface area (Å²) in [6.07, 6.45) is 3.65. The Morgan fingerprint density at radius 1 is 1.30 bits per heavy atom. The number of aromatic nitrogens is 3. The summed E-state index contributed by atoms with van der Waals surface area (Å²) in [6.45, 7) is 2.99. The minimum atomic E-state index is 0.147. The lowest BCUT2D eigenvalue weighted by Gasteiger charge is -2.17. The summed E-state index contributed by atoms with van der Waals surface area (Å²) in [5, 5.41) is 12.6. The van der Waals surface area contributed by atoms with Crippen LogP contribution in [0.2, 0.25) is 10.0 Å². The van der Waals surface area contributed by atoms with Crippen LogP contribution < -0.4 is 5.32 Å². The number of benzene rings is 1. The smallest absolute Gasteiger partial charge is 0.0759 e. The number of hydrogen-bond donors (Lipinski definition) is 1. The van der Waals surface area contributed by atoms with E-state index in [9.17, 15) is 0 Å². The van der Waals surface area contributed by atoms with Crippen LogP contribution >= 0.6 is 23.2 Å². The van der Waals surface area contributed by atoms with Gasteiger partial charge in [0.25, 0.3) is 0 Å². The number of nitrogens with one attached hydrogen (secondary N) is 1. The number of aryl methyl sites for hydroxylation is 1. The van der Waals surface area contributed by atoms with E-state index < -0.39 is 0 Å². The molecule has 0 fully saturated rings. The highest BCUT2D eigenvalue weighted by atomic mass is 35.5. The SMILES string of the molecule is CCCn1nncc1C(Cc1ccc(Cl)c(Cl)c1)NC. The molecule has 2 rings (SSSR count). The fourth-order valence-electron chi connectivity index (χ4n) is 2.18. The molecule has 0 saturated carbocycles. The zero-order valence-electron chi connectivity index (χ0n) is 11.6. The predicted octanol–water partition coefficient (Wildman–Crippen LogP) is 3.50. The van der Waals surface area contributed by atoms with Crippen LogP contribution in [0.15, 0.2) is 24.4 Å². The van der Waals surface area contributed by atoms with E-state index in [1.807, 2.05) is 36.1 Å². The zero-order chi connectivity index (χ0) is 14.5. The molecule has 0 saturated heterocycles. The molecule has 1 N–H and O–H groups in total. The van der Waals surface area contributed by atoms with Crippen molar-refractivity contribution < 1.29 is 0 Å². The van der Waals surface area contributed by atoms with Crippen molar-refractivity contribution in [2.75, 3.05) is 7.05 Å². The molecule has 0 radical (unpaired) electrons. The Morgan fingerprint density at radius 2 is 2.10 bits per heavy atom. The highest BCUT2D eigenvalue weighted by molar-refractivity contribution is 6.42. The maximum Gasteiger partial charge on any atom is 0.0759 e. The molecule has 1 aromatic carbocycles. The topological polar surface area (TPSA) is 42.7 Å². The van der Waals surface area contributed by atoms with Gasteiger partial charge < -0.3 is 5.32 Å². The van der Waals surface area contributed by atoms with Crippen LogP contribution in [0.3, 0.4) is 0 Å². The number of hydrogen-bond acceptors (Lipinski definition) is 3. The van der Waals surface area contributed by atoms with Gasteiger partial charge in [-0.3, -0.25) is 0 Å². The molecule has 1 unspecified atom stereocenters. The molecule has 108 valence electrons. The Kier molecular flexibility index (Phi) is 5.40. The lowest BCUT2D eigenvalue weighted by Crippen LogP contribution is -2.22. The van der Waals surface area contributed by atoms with Crippen molar-refractivity contribution in [1.29, 1.82) is 0 Å². The second-order valence-corrected chi connectivity index (χ2v) is 5.49. The first-order chi connectivity index (χ1) is 9.65. The van der Waals surface area contributed by atoms with Crippen molar-refractivity contribution in [1.82, 2.24) is 20.3 Å². The summed E-state index contributed by atoms with van der Waals surface area (Å²) >= 11 is 12.0. The largest absolute Gasteiger partial charge is 0.311 e. The summed E-state index contributed by atoms with van der Waals surface area (Å²) in [6, 6.07) is 5.87. The second kappa shape index (κ2) is 7.07. The molecular weight excluding hydrogens is 295 g/mol. The standard InChI is InChI=1S/C14H18Cl2N4/c1-3-6-20-14(9-18-19-20)13(17-2)8-10-4-5-11(15)12(16)7-10/h4-5,7,9,13,17H,3,6,8H2,1-2H3. The highest BCUT2D eigenvalue weighted by Crippen LogP contribution is 2.25. The molecular formula is C14H18Cl2N4. The van der Waals surface area contributed by atoms with Gasteiger partial charge >= 0.3 is 0 Å². The Hall–Kier alpha value is -1.10. The van der Waals surface area contributed by atoms with E-state index in [-0.39, 0.29) is 6.04 Å². The number of rotatable bonds is 6. The normalized spacial score (nSPS) is 12.6. The molecule has 1 heterocycles. The van der Waals surface area contributed by atoms with E-state index in [1.54, 1.807) is 0 Å². The highest BCUT2D eigenvalue weighted by Gasteiger charge is 2.16. The molecule has 1 aromatic heterocycles. The molecule has 0 aliphatic carbocycles. The van der Waals surface area contributed by atoms with Crippen LogP contribution in [0.1, 0.15) is 30.6 Å². The van der Waals surface area contributed by atoms with Crippen molar-refractivity contribution in [3.63, 3.8) is 0 Å². The Morgan fingerprint density at radius 3 is 2.75 bits per heavy atom. The molecule has 0 spiro atoms. The molecule has 6 heteroatoms. The van der Waals surface area contributed by atoms with Gasteiger partial charge in [0.05, 0.1) is 28.0 Å². The van der Waals surface area contributed by atoms with E-state index in [2.05, 4.69) is 22.6 Å². The van der Waals surface area contributed by atoms with Crippen molar-refractivity contribution in [3.05, 3.63) is 45.7 Å². The second-order valence-electron chi connectivity index (χ2n) is 4.68. The maximum atomic E-state index is 6.06. The van der Waals surface area contributed by atoms with Crippen LogP contribution in [-0.2, 0) is 13.0 Å². The summed E-state index contributed by atoms with van der Waals surface area (Å²) in [5.41, 5.74) is 2.21. The van der Waals surface area contributed by atoms with Crippen molar-refractivity contribution in [3.8, 4) is 0 Å². The fourth-order valence-corrected chi connectivity index (χ4v) is 2.50. The monoisotopic (exact) mass is 312 g/mol. The third-order valence-electron chi connectivity index (χ3n) is 3.21. The average molecular weight is 313 g/mol. The quantitative estimate of drug-likeness (QED) is 0.887. The van der Waals surface area contributed by atoms with Gasteiger partial charge in [0.2, 0.25) is 0 Å². The molecule has 0 aliphatic rings. The third kappa shape index (κ3) is 3.51. The predicted molar refractivity (Wildman–Crippen MR) is 82.3 cm³/mol. The van der Waals surface area contributed by atoms with Crippen LogP contribution in [0.4, 0.5) is 0 Å². The molecule has 20 heavy (non-hydrogen) atoms. The Balaban J connectivity index is 2.19. The van der Waals surface area contributed by atoms with Gasteiger partial charge in [-0.05, 0) is 37.6 Å². The van der Waals surface area contributed by atoms with Gasteiger partial charge in [-0.1, -0.05) is 41.4 Å². The molecule has 0 bridgehead atoms. The summed E-state index contributed by atoms with van der Waals surface area (Å²) in [7, 11) is 1.94. The van der Waals surface area contributed by atoms with Gasteiger partial charge in [0.15, 0.2) is 0 Å². The summed E-state index contributed by atoms with van der Waals surface area (Å²) in [5.74, 6) is 0. The van der Waals surface area contributed by atoms with Gasteiger partial charge in [0.1, 0.15) is 0 Å². The van der Waals surface area contributed by atoms with Crippen molar-refractivity contribution in [2.45, 2.75) is 32.4 Å². The number of halogens is 2. The van der Waals surface area contributed by atoms with E-state index in [0.717, 1.165) is 30.6 Å². The number of likely N-dealkylation sites (N-methyl/N-ethyl adjacent to an activating group) is 1. The van der Waals surface area contributed by atoms with Crippen LogP contribution in [0.5, 0.6) is 0 Å². The lowest BCUT2D eigenvalue weighted by atomic mass is 10.0. The van der Waals surface area contributed by atoms with E-state index in [0.29, 0.717) is 10.0 Å². The van der Waals surface area contributed by atoms with Gasteiger partial charge in [-0.15, -0.1) is 5.10 Å². The maximum absolute atomic E-state index is 6.06. The molecule has 0 amide bonds. The average Bonchev–Trinajstić information content (AvgIpc) is 2.88. The molecule has 0 aliphatic heterocycles. The summed E-state index contributed by atoms with van der Waals surface area (Å²) < 4.78 is 1.94. The van der Waals surface area contributed by atoms with Gasteiger partial charge in [-0.25, -0.2) is 4.68 Å². The molecule has 4 nitrogen and oxygen atoms in total. The minimum Gasteiger partial charge on any atom is -0.311 e. The Bertz CT molecular complexity index is 568. The first-order valence-electron chi connectivity index (χ1n) is 6.65. The van der Waals surface area contributed by atoms with Crippen LogP contribution in [0, 0.1) is 0 Å². The van der Waals surface area contributed by atoms with Crippen LogP contribution in [0.25, 0.3) is 0 Å². The Labute approximate surface area is 129 Å². The molecule has 2 aromatic rings. The van der Waals surface area contributed by atoms with E-state index in [4.69, 9.17) is 23.2 Å². The first-order valence-corrected chi connectivity index (χ1v) is 7.40. The van der Waals surface area contributed by atoms with Crippen molar-refractivity contribution >= 4 is 23.2 Å². The number of nitrogens with zero attached hydrogens (tertiary/aromatic N) is 3. The lowest BCUT2D eigenvalue weighted by molar-refractivity contribution is 0.490. The third-order valence-corrected chi connectivity index (χ3v) is 3.95. The fraction of sp³-hybridized carbons (Fsp3) is 0.429. The first kappa shape index (κ1) is 15.3. The minimum absolute atomic E-state index is 0.147. The molecule has 1 atom stereocenters. The van der Waals surface area contributed by atoms with Gasteiger partial charge in [-0.2, -0.15) is 0 Å². The van der Waals surface area contributed by atoms with E-state index in [1.165, 1.54) is 0 Å². The van der Waals surface area contributed by atoms with E-state index >= 15 is 0 Å². The van der Waals surface area contributed by atoms with Crippen LogP contribution in [-0.4, -0.2) is 22.0 Å². The zero-order valence-corrected chi connectivity index (χ0v) is 13.1. The van der Waals surface area contributed by atoms with Crippen molar-refractivity contribution in [2.24, 2.45) is 0 Å².